The zero-order valence-electron chi connectivity index (χ0n) is 62.9. The molecule has 0 aromatic heterocycles. The molecule has 18 nitrogen and oxygen atoms in total. The number of hydrogen-bond acceptors (Lipinski definition) is 17. The van der Waals surface area contributed by atoms with E-state index in [1.54, 1.807) is 26.3 Å². The first kappa shape index (κ1) is 118. The molecule has 7 N–H and O–H groups in total. The number of benzene rings is 8. The van der Waals surface area contributed by atoms with Gasteiger partial charge in [0.1, 0.15) is 17.3 Å². The molecule has 0 aliphatic heterocycles. The molecule has 0 saturated carbocycles. The number of nitrogens with one attached hydrogen (secondary N) is 1. The van der Waals surface area contributed by atoms with Crippen molar-refractivity contribution < 1.29 is 104 Å². The second-order valence-corrected chi connectivity index (χ2v) is 25.7. The van der Waals surface area contributed by atoms with Crippen molar-refractivity contribution in [2.75, 3.05) is 28.4 Å². The zero-order valence-corrected chi connectivity index (χ0v) is 67.1. The van der Waals surface area contributed by atoms with Crippen LogP contribution in [0.4, 0.5) is 0 Å². The number of esters is 3. The number of ether oxygens (including phenoxy) is 3. The maximum atomic E-state index is 11.2. The van der Waals surface area contributed by atoms with E-state index < -0.39 is 11.9 Å². The number of unbranched alkanes of at least 4 members (excludes halogenated alkanes) is 2. The van der Waals surface area contributed by atoms with Crippen LogP contribution in [0.3, 0.4) is 0 Å². The van der Waals surface area contributed by atoms with Crippen molar-refractivity contribution in [2.24, 2.45) is 11.8 Å². The molecule has 0 fully saturated rings. The van der Waals surface area contributed by atoms with Gasteiger partial charge in [-0.2, -0.15) is 13.0 Å². The molecule has 0 aliphatic carbocycles. The summed E-state index contributed by atoms with van der Waals surface area (Å²) in [6, 6.07) is 63.9. The smallest absolute Gasteiger partial charge is 0.857 e. The quantitative estimate of drug-likeness (QED) is 0.00408. The Morgan fingerprint density at radius 3 is 0.842 bits per heavy atom. The first-order valence-electron chi connectivity index (χ1n) is 34.6. The topological polar surface area (TPSA) is 301 Å². The van der Waals surface area contributed by atoms with Crippen LogP contribution >= 0.6 is 22.6 Å². The number of hydrogen-bond donors (Lipinski definition) is 5. The molecule has 0 saturated heterocycles. The number of Topliss-reactive ketones (excluding diaryl/α,β-unsaturated/α-hetero) is 3. The number of halogens is 1. The van der Waals surface area contributed by atoms with E-state index in [0.29, 0.717) is 38.5 Å². The fourth-order valence-electron chi connectivity index (χ4n) is 10.2. The molecule has 0 radical (unpaired) electrons. The second kappa shape index (κ2) is 72.7. The number of carbonyl (C=O) groups excluding carboxylic acids is 8. The van der Waals surface area contributed by atoms with Crippen LogP contribution in [0.1, 0.15) is 196 Å². The van der Waals surface area contributed by atoms with E-state index in [9.17, 15) is 38.4 Å². The van der Waals surface area contributed by atoms with E-state index in [-0.39, 0.29) is 131 Å². The fourth-order valence-corrected chi connectivity index (χ4v) is 10.5. The van der Waals surface area contributed by atoms with E-state index >= 15 is 0 Å². The molecule has 114 heavy (non-hydrogen) atoms. The van der Waals surface area contributed by atoms with Gasteiger partial charge < -0.3 is 29.4 Å². The van der Waals surface area contributed by atoms with Gasteiger partial charge in [-0.25, -0.2) is 11.4 Å². The maximum absolute atomic E-state index is 11.2. The number of ketones is 3. The van der Waals surface area contributed by atoms with Gasteiger partial charge >= 0.3 is 53.4 Å². The Balaban J connectivity index is -0.000000206. The summed E-state index contributed by atoms with van der Waals surface area (Å²) in [5.41, 5.74) is 18.0. The van der Waals surface area contributed by atoms with Crippen molar-refractivity contribution in [1.82, 2.24) is 5.48 Å². The third-order valence-corrected chi connectivity index (χ3v) is 16.5. The van der Waals surface area contributed by atoms with E-state index in [4.69, 9.17) is 27.8 Å². The van der Waals surface area contributed by atoms with Crippen molar-refractivity contribution in [3.8, 4) is 24.2 Å². The number of amides is 1. The predicted molar refractivity (Wildman–Crippen MR) is 469 cm³/mol. The molecule has 0 heterocycles. The number of methoxy groups -OCH3 is 3. The normalized spacial score (nSPS) is 9.09. The molecule has 0 spiro atoms. The average Bonchev–Trinajstić information content (AvgIpc) is 1.04. The van der Waals surface area contributed by atoms with Crippen molar-refractivity contribution in [3.63, 3.8) is 0 Å². The van der Waals surface area contributed by atoms with Crippen LogP contribution < -0.4 is 51.9 Å². The Labute approximate surface area is 720 Å². The zero-order chi connectivity index (χ0) is 78.3. The first-order chi connectivity index (χ1) is 51.2. The van der Waals surface area contributed by atoms with Gasteiger partial charge in [0.25, 0.3) is 0 Å². The Hall–Kier alpha value is -9.23. The van der Waals surface area contributed by atoms with Gasteiger partial charge in [0.15, 0.2) is 0 Å². The standard InChI is InChI=1S/C22H26O3.C22H22O3.C20H24N2O4.C13H14O.C9H9IO2.CH3O.7CH4.H3NO.Na.H2/c2*1-17(23)15-20-11-7-18(8-12-20)5-3-4-6-19-9-13-21(14-10-19)16-22(24)25-2;21-26-20(24)14-18-11-7-16(8-12-18)4-2-1-3-15-5-9-17(10-6-15)13-19(23)22-25;1-3-4-5-12-6-8-13(9-7-12)10-11(2)14;1-12-9(11)6-7-2-4-8(10)5-3-7;1-2;;;;;;;;1-2;;/h7-14H,3-6,15-16H2,1-2H3;7-14H,4,6,15-16H2,1-2H3;5-12,25H,1-4,13-14,21H2,(H,22,23);1,6-9H,4-5,10H2,2H3;2-5H,6H2,1H3;1H3;7*1H4;2H,1H2;;1H/q;;;;;-1;;;;;;;;;+1;. The van der Waals surface area contributed by atoms with Crippen molar-refractivity contribution in [3.05, 3.63) is 281 Å². The molecule has 0 atom stereocenters. The van der Waals surface area contributed by atoms with Gasteiger partial charge in [-0.1, -0.05) is 234 Å². The van der Waals surface area contributed by atoms with Crippen LogP contribution in [0.15, 0.2) is 194 Å². The van der Waals surface area contributed by atoms with Crippen LogP contribution in [0.5, 0.6) is 0 Å². The summed E-state index contributed by atoms with van der Waals surface area (Å²) < 4.78 is 15.0. The minimum atomic E-state index is -0.444. The number of aryl methyl sites for hydroxylation is 6. The molecular formula is C94H131IN3NaO15. The summed E-state index contributed by atoms with van der Waals surface area (Å²) in [6.45, 7) is 4.82. The molecule has 620 valence electrons. The minimum absolute atomic E-state index is 0. The number of terminal acetylenes is 1. The number of carbonyl (C=O) groups is 8. The summed E-state index contributed by atoms with van der Waals surface area (Å²) in [7, 11) is 4.95. The van der Waals surface area contributed by atoms with Crippen LogP contribution in [0, 0.1) is 27.8 Å². The Morgan fingerprint density at radius 1 is 0.377 bits per heavy atom. The molecule has 8 aromatic carbocycles. The Kier molecular flexibility index (Phi) is 75.3. The Morgan fingerprint density at radius 2 is 0.596 bits per heavy atom. The summed E-state index contributed by atoms with van der Waals surface area (Å²) in [5.74, 6) is 16.3. The number of hydroxylamine groups is 1. The van der Waals surface area contributed by atoms with Crippen molar-refractivity contribution in [1.29, 1.82) is 0 Å². The summed E-state index contributed by atoms with van der Waals surface area (Å²) in [5, 5.41) is 23.3. The van der Waals surface area contributed by atoms with E-state index in [0.717, 1.165) is 134 Å². The average molecular weight is 1690 g/mol. The predicted octanol–water partition coefficient (Wildman–Crippen LogP) is 14.3. The first-order valence-corrected chi connectivity index (χ1v) is 35.7. The molecule has 8 aromatic rings. The largest absolute Gasteiger partial charge is 1.00 e. The number of nitrogens with two attached hydrogens (primary N) is 2. The van der Waals surface area contributed by atoms with Gasteiger partial charge in [0, 0.05) is 42.7 Å². The van der Waals surface area contributed by atoms with Crippen LogP contribution in [-0.4, -0.2) is 86.0 Å². The van der Waals surface area contributed by atoms with Gasteiger partial charge in [-0.15, -0.1) is 12.3 Å². The summed E-state index contributed by atoms with van der Waals surface area (Å²) in [4.78, 5) is 92.8. The third-order valence-electron chi connectivity index (χ3n) is 15.8. The third kappa shape index (κ3) is 56.1. The second-order valence-electron chi connectivity index (χ2n) is 24.4. The maximum Gasteiger partial charge on any atom is 1.00 e. The SMILES string of the molecule is C.C.C.C.C.C.C.C#CCCc1ccc(CC(C)=O)cc1.COC(=O)Cc1ccc(CCC#Cc2ccc(CC(C)=O)cc2)cc1.COC(=O)Cc1ccc(CCCCc2ccc(CC(C)=O)cc2)cc1.COC(=O)Cc1ccc(I)cc1.C[O-].NO.NOC(=O)Cc1ccc(CCCCc2ccc(CC(=O)NO)cc2)cc1.[HH].[Na+]. The van der Waals surface area contributed by atoms with Crippen molar-refractivity contribution >= 4 is 69.7 Å². The molecule has 0 unspecified atom stereocenters. The van der Waals surface area contributed by atoms with Crippen LogP contribution in [-0.2, 0) is 147 Å². The van der Waals surface area contributed by atoms with Crippen LogP contribution in [0.25, 0.3) is 0 Å². The van der Waals surface area contributed by atoms with Gasteiger partial charge in [0.05, 0.1) is 53.4 Å². The van der Waals surface area contributed by atoms with E-state index in [2.05, 4.69) is 102 Å². The van der Waals surface area contributed by atoms with Gasteiger partial charge in [-0.05, 0) is 210 Å². The Bertz CT molecular complexity index is 3930. The van der Waals surface area contributed by atoms with Gasteiger partial charge in [-0.3, -0.25) is 43.6 Å². The van der Waals surface area contributed by atoms with Crippen molar-refractivity contribution in [2.45, 2.75) is 201 Å². The van der Waals surface area contributed by atoms with Crippen LogP contribution in [0.2, 0.25) is 0 Å². The molecule has 0 bridgehead atoms. The fraction of sp³-hybridized carbons (Fsp3) is 0.362. The summed E-state index contributed by atoms with van der Waals surface area (Å²) >= 11 is 2.22. The van der Waals surface area contributed by atoms with Gasteiger partial charge in [0.2, 0.25) is 5.91 Å². The number of rotatable bonds is 30. The summed E-state index contributed by atoms with van der Waals surface area (Å²) in [6.07, 6.45) is 19.8. The molecule has 1 amide bonds. The monoisotopic (exact) mass is 1690 g/mol. The van der Waals surface area contributed by atoms with E-state index in [1.165, 1.54) is 58.3 Å². The minimum Gasteiger partial charge on any atom is -0.857 e. The molecule has 20 heteroatoms. The molecule has 0 aliphatic rings. The molecular weight excluding hydrogens is 1560 g/mol. The van der Waals surface area contributed by atoms with E-state index in [1.807, 2.05) is 158 Å². The molecule has 8 rings (SSSR count).